The molecule has 0 radical (unpaired) electrons. The fourth-order valence-electron chi connectivity index (χ4n) is 3.33. The van der Waals surface area contributed by atoms with Crippen molar-refractivity contribution in [3.05, 3.63) is 58.6 Å². The summed E-state index contributed by atoms with van der Waals surface area (Å²) in [6.07, 6.45) is 3.00. The van der Waals surface area contributed by atoms with Crippen LogP contribution >= 0.6 is 22.9 Å². The van der Waals surface area contributed by atoms with Gasteiger partial charge in [-0.3, -0.25) is 0 Å². The van der Waals surface area contributed by atoms with Gasteiger partial charge in [-0.15, -0.1) is 11.3 Å². The number of ether oxygens (including phenoxy) is 1. The van der Waals surface area contributed by atoms with E-state index in [1.807, 2.05) is 24.4 Å². The maximum absolute atomic E-state index is 6.50. The van der Waals surface area contributed by atoms with Gasteiger partial charge in [0.25, 0.3) is 0 Å². The van der Waals surface area contributed by atoms with E-state index in [1.165, 1.54) is 5.39 Å². The lowest BCUT2D eigenvalue weighted by Gasteiger charge is -2.21. The molecule has 0 saturated carbocycles. The van der Waals surface area contributed by atoms with Crippen molar-refractivity contribution in [1.82, 2.24) is 9.97 Å². The summed E-state index contributed by atoms with van der Waals surface area (Å²) in [6.45, 7) is 5.18. The van der Waals surface area contributed by atoms with Crippen molar-refractivity contribution in [2.75, 3.05) is 18.6 Å². The number of halogens is 1. The zero-order valence-corrected chi connectivity index (χ0v) is 17.7. The first kappa shape index (κ1) is 18.8. The lowest BCUT2D eigenvalue weighted by molar-refractivity contribution is 0.415. The highest BCUT2D eigenvalue weighted by Crippen LogP contribution is 2.39. The molecule has 4 nitrogen and oxygen atoms in total. The highest BCUT2D eigenvalue weighted by molar-refractivity contribution is 7.16. The van der Waals surface area contributed by atoms with Crippen molar-refractivity contribution in [3.8, 4) is 17.0 Å². The van der Waals surface area contributed by atoms with Gasteiger partial charge in [-0.25, -0.2) is 4.98 Å². The van der Waals surface area contributed by atoms with Crippen LogP contribution in [0.1, 0.15) is 18.2 Å². The van der Waals surface area contributed by atoms with Gasteiger partial charge in [0, 0.05) is 39.8 Å². The minimum atomic E-state index is 0.648. The standard InChI is InChI=1S/C22H22ClN3OS/c1-4-11-26(16-5-8-20-15(12-16)9-10-24-20)22-25-21(14(2)28-22)18-7-6-17(27-3)13-19(18)23/h5-10,12-13,24H,4,11H2,1-3H3. The molecule has 6 heteroatoms. The molecule has 0 aliphatic rings. The van der Waals surface area contributed by atoms with E-state index in [0.717, 1.165) is 51.2 Å². The molecule has 2 aromatic heterocycles. The number of nitrogens with zero attached hydrogens (tertiary/aromatic N) is 2. The maximum Gasteiger partial charge on any atom is 0.190 e. The number of anilines is 2. The number of methoxy groups -OCH3 is 1. The third kappa shape index (κ3) is 3.48. The van der Waals surface area contributed by atoms with E-state index in [-0.39, 0.29) is 0 Å². The molecule has 0 bridgehead atoms. The third-order valence-electron chi connectivity index (χ3n) is 4.74. The van der Waals surface area contributed by atoms with Gasteiger partial charge in [-0.1, -0.05) is 18.5 Å². The molecular weight excluding hydrogens is 390 g/mol. The van der Waals surface area contributed by atoms with E-state index in [9.17, 15) is 0 Å². The number of nitrogens with one attached hydrogen (secondary N) is 1. The van der Waals surface area contributed by atoms with Crippen LogP contribution in [0.5, 0.6) is 5.75 Å². The Labute approximate surface area is 173 Å². The van der Waals surface area contributed by atoms with Crippen molar-refractivity contribution in [1.29, 1.82) is 0 Å². The molecule has 0 unspecified atom stereocenters. The summed E-state index contributed by atoms with van der Waals surface area (Å²) >= 11 is 8.20. The number of thiazole rings is 1. The fraction of sp³-hybridized carbons (Fsp3) is 0.227. The van der Waals surface area contributed by atoms with Crippen LogP contribution in [-0.4, -0.2) is 23.6 Å². The van der Waals surface area contributed by atoms with Crippen LogP contribution in [0.4, 0.5) is 10.8 Å². The van der Waals surface area contributed by atoms with E-state index in [2.05, 4.69) is 48.0 Å². The zero-order valence-electron chi connectivity index (χ0n) is 16.1. The summed E-state index contributed by atoms with van der Waals surface area (Å²) in [7, 11) is 1.64. The number of fused-ring (bicyclic) bond motifs is 1. The average molecular weight is 412 g/mol. The highest BCUT2D eigenvalue weighted by atomic mass is 35.5. The number of hydrogen-bond donors (Lipinski definition) is 1. The topological polar surface area (TPSA) is 41.2 Å². The molecular formula is C22H22ClN3OS. The number of aromatic amines is 1. The first-order valence-electron chi connectivity index (χ1n) is 9.26. The summed E-state index contributed by atoms with van der Waals surface area (Å²) < 4.78 is 5.26. The van der Waals surface area contributed by atoms with Crippen molar-refractivity contribution in [2.45, 2.75) is 20.3 Å². The molecule has 2 heterocycles. The normalized spacial score (nSPS) is 11.1. The Hall–Kier alpha value is -2.50. The third-order valence-corrected chi connectivity index (χ3v) is 6.05. The van der Waals surface area contributed by atoms with Crippen LogP contribution in [0.15, 0.2) is 48.7 Å². The summed E-state index contributed by atoms with van der Waals surface area (Å²) in [5, 5.41) is 2.83. The fourth-order valence-corrected chi connectivity index (χ4v) is 4.56. The lowest BCUT2D eigenvalue weighted by atomic mass is 10.1. The van der Waals surface area contributed by atoms with E-state index < -0.39 is 0 Å². The second kappa shape index (κ2) is 7.86. The van der Waals surface area contributed by atoms with E-state index in [0.29, 0.717) is 5.02 Å². The molecule has 0 atom stereocenters. The molecule has 28 heavy (non-hydrogen) atoms. The van der Waals surface area contributed by atoms with Crippen LogP contribution in [0.25, 0.3) is 22.2 Å². The Kier molecular flexibility index (Phi) is 5.29. The van der Waals surface area contributed by atoms with Gasteiger partial charge in [0.2, 0.25) is 0 Å². The molecule has 4 aromatic rings. The lowest BCUT2D eigenvalue weighted by Crippen LogP contribution is -2.17. The van der Waals surface area contributed by atoms with Gasteiger partial charge >= 0.3 is 0 Å². The minimum absolute atomic E-state index is 0.648. The van der Waals surface area contributed by atoms with Gasteiger partial charge in [0.1, 0.15) is 5.75 Å². The van der Waals surface area contributed by atoms with Crippen molar-refractivity contribution in [2.24, 2.45) is 0 Å². The number of H-pyrrole nitrogens is 1. The number of benzene rings is 2. The van der Waals surface area contributed by atoms with Crippen molar-refractivity contribution < 1.29 is 4.74 Å². The molecule has 144 valence electrons. The van der Waals surface area contributed by atoms with Gasteiger partial charge in [0.15, 0.2) is 5.13 Å². The molecule has 0 aliphatic carbocycles. The second-order valence-electron chi connectivity index (χ2n) is 6.65. The number of aromatic nitrogens is 2. The molecule has 0 amide bonds. The van der Waals surface area contributed by atoms with Crippen LogP contribution in [0.3, 0.4) is 0 Å². The monoisotopic (exact) mass is 411 g/mol. The van der Waals surface area contributed by atoms with Gasteiger partial charge < -0.3 is 14.6 Å². The Morgan fingerprint density at radius 1 is 1.18 bits per heavy atom. The Balaban J connectivity index is 1.75. The van der Waals surface area contributed by atoms with Gasteiger partial charge in [-0.05, 0) is 55.8 Å². The van der Waals surface area contributed by atoms with E-state index in [4.69, 9.17) is 21.3 Å². The SMILES string of the molecule is CCCN(c1ccc2[nH]ccc2c1)c1nc(-c2ccc(OC)cc2Cl)c(C)s1. The molecule has 0 saturated heterocycles. The van der Waals surface area contributed by atoms with Gasteiger partial charge in [0.05, 0.1) is 17.8 Å². The second-order valence-corrected chi connectivity index (χ2v) is 8.24. The van der Waals surface area contributed by atoms with Gasteiger partial charge in [-0.2, -0.15) is 0 Å². The van der Waals surface area contributed by atoms with Crippen LogP contribution < -0.4 is 9.64 Å². The molecule has 0 spiro atoms. The number of rotatable bonds is 6. The average Bonchev–Trinajstić information content (AvgIpc) is 3.31. The first-order chi connectivity index (χ1) is 13.6. The van der Waals surface area contributed by atoms with E-state index >= 15 is 0 Å². The van der Waals surface area contributed by atoms with Crippen molar-refractivity contribution >= 4 is 44.7 Å². The zero-order chi connectivity index (χ0) is 19.7. The minimum Gasteiger partial charge on any atom is -0.497 e. The quantitative estimate of drug-likeness (QED) is 0.379. The Morgan fingerprint density at radius 2 is 2.04 bits per heavy atom. The van der Waals surface area contributed by atoms with Crippen LogP contribution in [0, 0.1) is 6.92 Å². The predicted octanol–water partition coefficient (Wildman–Crippen LogP) is 6.81. The molecule has 0 aliphatic heterocycles. The molecule has 4 rings (SSSR count). The molecule has 2 aromatic carbocycles. The smallest absolute Gasteiger partial charge is 0.190 e. The summed E-state index contributed by atoms with van der Waals surface area (Å²) in [4.78, 5) is 11.6. The summed E-state index contributed by atoms with van der Waals surface area (Å²) in [5.74, 6) is 0.745. The first-order valence-corrected chi connectivity index (χ1v) is 10.5. The Bertz CT molecular complexity index is 1120. The van der Waals surface area contributed by atoms with Crippen LogP contribution in [0.2, 0.25) is 5.02 Å². The van der Waals surface area contributed by atoms with E-state index in [1.54, 1.807) is 18.4 Å². The number of hydrogen-bond acceptors (Lipinski definition) is 4. The Morgan fingerprint density at radius 3 is 2.79 bits per heavy atom. The van der Waals surface area contributed by atoms with Crippen molar-refractivity contribution in [3.63, 3.8) is 0 Å². The largest absolute Gasteiger partial charge is 0.497 e. The maximum atomic E-state index is 6.50. The molecule has 0 fully saturated rings. The number of aryl methyl sites for hydroxylation is 1. The molecule has 1 N–H and O–H groups in total. The highest BCUT2D eigenvalue weighted by Gasteiger charge is 2.18. The summed E-state index contributed by atoms with van der Waals surface area (Å²) in [5.41, 5.74) is 4.15. The predicted molar refractivity (Wildman–Crippen MR) is 119 cm³/mol. The van der Waals surface area contributed by atoms with Crippen LogP contribution in [-0.2, 0) is 0 Å². The summed E-state index contributed by atoms with van der Waals surface area (Å²) in [6, 6.07) is 14.3.